The van der Waals surface area contributed by atoms with E-state index in [0.29, 0.717) is 5.96 Å². The van der Waals surface area contributed by atoms with Crippen molar-refractivity contribution >= 4 is 29.9 Å². The maximum Gasteiger partial charge on any atom is 0.216 e. The van der Waals surface area contributed by atoms with Gasteiger partial charge in [0, 0.05) is 41.9 Å². The number of guanidine groups is 1. The summed E-state index contributed by atoms with van der Waals surface area (Å²) in [6, 6.07) is 11.7. The summed E-state index contributed by atoms with van der Waals surface area (Å²) in [5.74, 6) is 0.425. The quantitative estimate of drug-likeness (QED) is 0.493. The van der Waals surface area contributed by atoms with Crippen molar-refractivity contribution in [3.8, 4) is 5.69 Å². The Morgan fingerprint density at radius 2 is 1.92 bits per heavy atom. The van der Waals surface area contributed by atoms with Crippen LogP contribution in [0.4, 0.5) is 0 Å². The lowest BCUT2D eigenvalue weighted by Crippen LogP contribution is -2.36. The summed E-state index contributed by atoms with van der Waals surface area (Å²) in [6.07, 6.45) is 7.41. The van der Waals surface area contributed by atoms with Gasteiger partial charge < -0.3 is 15.2 Å². The second-order valence-electron chi connectivity index (χ2n) is 5.03. The van der Waals surface area contributed by atoms with Crippen LogP contribution in [0.15, 0.2) is 58.9 Å². The predicted octanol–water partition coefficient (Wildman–Crippen LogP) is 3.79. The van der Waals surface area contributed by atoms with E-state index in [2.05, 4.69) is 14.8 Å². The lowest BCUT2D eigenvalue weighted by molar-refractivity contribution is 0.459. The first-order chi connectivity index (χ1) is 11.7. The Morgan fingerprint density at radius 3 is 2.58 bits per heavy atom. The molecular formula is C18H22ClN5. The van der Waals surface area contributed by atoms with E-state index in [1.54, 1.807) is 6.21 Å². The highest BCUT2D eigenvalue weighted by Crippen LogP contribution is 2.16. The third-order valence-corrected chi connectivity index (χ3v) is 3.80. The number of halogens is 1. The topological polar surface area (TPSA) is 58.9 Å². The first-order valence-corrected chi connectivity index (χ1v) is 8.25. The summed E-state index contributed by atoms with van der Waals surface area (Å²) in [4.78, 5) is 1.94. The zero-order valence-corrected chi connectivity index (χ0v) is 14.7. The highest BCUT2D eigenvalue weighted by atomic mass is 35.5. The molecule has 0 spiro atoms. The van der Waals surface area contributed by atoms with Crippen molar-refractivity contribution in [3.63, 3.8) is 0 Å². The zero-order valence-electron chi connectivity index (χ0n) is 13.9. The number of rotatable bonds is 6. The third kappa shape index (κ3) is 4.73. The first kappa shape index (κ1) is 17.8. The minimum atomic E-state index is 0.425. The van der Waals surface area contributed by atoms with Crippen LogP contribution < -0.4 is 5.73 Å². The van der Waals surface area contributed by atoms with Gasteiger partial charge in [0.15, 0.2) is 0 Å². The Kier molecular flexibility index (Phi) is 6.63. The molecule has 2 rings (SSSR count). The molecule has 5 nitrogen and oxygen atoms in total. The number of nitrogens with zero attached hydrogens (tertiary/aromatic N) is 4. The minimum Gasteiger partial charge on any atom is -0.368 e. The van der Waals surface area contributed by atoms with Gasteiger partial charge in [0.2, 0.25) is 5.96 Å². The predicted molar refractivity (Wildman–Crippen MR) is 103 cm³/mol. The monoisotopic (exact) mass is 343 g/mol. The fourth-order valence-corrected chi connectivity index (χ4v) is 2.38. The highest BCUT2D eigenvalue weighted by Gasteiger charge is 2.01. The molecule has 24 heavy (non-hydrogen) atoms. The largest absolute Gasteiger partial charge is 0.368 e. The first-order valence-electron chi connectivity index (χ1n) is 7.87. The number of hydrogen-bond acceptors (Lipinski definition) is 2. The molecule has 0 unspecified atom stereocenters. The summed E-state index contributed by atoms with van der Waals surface area (Å²) in [7, 11) is 0. The third-order valence-electron chi connectivity index (χ3n) is 3.55. The molecule has 0 radical (unpaired) electrons. The van der Waals surface area contributed by atoms with E-state index < -0.39 is 0 Å². The summed E-state index contributed by atoms with van der Waals surface area (Å²) in [5.41, 5.74) is 7.93. The van der Waals surface area contributed by atoms with Gasteiger partial charge in [0.25, 0.3) is 0 Å². The standard InChI is InChI=1S/C18H22ClN5/c1-3-23(4-2)18(20)22-21-13-5-7-16-8-6-14-24(16)17-11-9-15(19)10-12-17/h5-14H,3-4H2,1-2H3,(H2,20,22)/b7-5+,21-13+. The van der Waals surface area contributed by atoms with Gasteiger partial charge in [-0.25, -0.2) is 0 Å². The van der Waals surface area contributed by atoms with Crippen molar-refractivity contribution in [3.05, 3.63) is 59.4 Å². The molecule has 0 aliphatic carbocycles. The van der Waals surface area contributed by atoms with Crippen molar-refractivity contribution in [1.29, 1.82) is 0 Å². The Morgan fingerprint density at radius 1 is 1.21 bits per heavy atom. The maximum atomic E-state index is 5.93. The van der Waals surface area contributed by atoms with Crippen molar-refractivity contribution in [2.75, 3.05) is 13.1 Å². The summed E-state index contributed by atoms with van der Waals surface area (Å²) in [5, 5.41) is 8.70. The van der Waals surface area contributed by atoms with Crippen LogP contribution in [0.1, 0.15) is 19.5 Å². The Hall–Kier alpha value is -2.53. The molecule has 0 amide bonds. The van der Waals surface area contributed by atoms with Gasteiger partial charge in [-0.2, -0.15) is 5.10 Å². The summed E-state index contributed by atoms with van der Waals surface area (Å²) >= 11 is 5.93. The van der Waals surface area contributed by atoms with Crippen LogP contribution in [0, 0.1) is 0 Å². The normalized spacial score (nSPS) is 12.4. The van der Waals surface area contributed by atoms with Crippen LogP contribution in [0.2, 0.25) is 5.02 Å². The van der Waals surface area contributed by atoms with Crippen molar-refractivity contribution < 1.29 is 0 Å². The van der Waals surface area contributed by atoms with Crippen LogP contribution >= 0.6 is 11.6 Å². The Balaban J connectivity index is 2.06. The van der Waals surface area contributed by atoms with E-state index in [-0.39, 0.29) is 0 Å². The molecule has 1 aromatic carbocycles. The molecule has 0 aliphatic heterocycles. The lowest BCUT2D eigenvalue weighted by atomic mass is 10.3. The van der Waals surface area contributed by atoms with Crippen LogP contribution in [0.3, 0.4) is 0 Å². The molecule has 0 fully saturated rings. The summed E-state index contributed by atoms with van der Waals surface area (Å²) < 4.78 is 2.06. The van der Waals surface area contributed by atoms with Gasteiger partial charge in [0.05, 0.1) is 0 Å². The van der Waals surface area contributed by atoms with E-state index in [1.165, 1.54) is 0 Å². The van der Waals surface area contributed by atoms with E-state index in [4.69, 9.17) is 17.3 Å². The zero-order chi connectivity index (χ0) is 17.4. The second-order valence-corrected chi connectivity index (χ2v) is 5.47. The average Bonchev–Trinajstić information content (AvgIpc) is 3.05. The van der Waals surface area contributed by atoms with Gasteiger partial charge in [-0.1, -0.05) is 11.6 Å². The van der Waals surface area contributed by atoms with E-state index in [9.17, 15) is 0 Å². The van der Waals surface area contributed by atoms with Gasteiger partial charge in [-0.3, -0.25) is 0 Å². The average molecular weight is 344 g/mol. The van der Waals surface area contributed by atoms with Crippen molar-refractivity contribution in [1.82, 2.24) is 9.47 Å². The number of hydrogen-bond donors (Lipinski definition) is 1. The smallest absolute Gasteiger partial charge is 0.216 e. The van der Waals surface area contributed by atoms with Gasteiger partial charge in [-0.05, 0) is 62.4 Å². The molecule has 2 N–H and O–H groups in total. The number of aromatic nitrogens is 1. The fraction of sp³-hybridized carbons (Fsp3) is 0.222. The van der Waals surface area contributed by atoms with E-state index in [1.807, 2.05) is 73.5 Å². The molecule has 2 aromatic rings. The molecule has 1 aromatic heterocycles. The minimum absolute atomic E-state index is 0.425. The van der Waals surface area contributed by atoms with Crippen molar-refractivity contribution in [2.45, 2.75) is 13.8 Å². The number of nitrogens with two attached hydrogens (primary N) is 1. The molecule has 0 saturated carbocycles. The molecule has 126 valence electrons. The lowest BCUT2D eigenvalue weighted by Gasteiger charge is -2.17. The Bertz CT molecular complexity index is 724. The van der Waals surface area contributed by atoms with Gasteiger partial charge >= 0.3 is 0 Å². The van der Waals surface area contributed by atoms with Crippen LogP contribution in [0.25, 0.3) is 11.8 Å². The number of allylic oxidation sites excluding steroid dienone is 1. The fourth-order valence-electron chi connectivity index (χ4n) is 2.25. The van der Waals surface area contributed by atoms with Gasteiger partial charge in [0.1, 0.15) is 0 Å². The molecule has 0 aliphatic rings. The van der Waals surface area contributed by atoms with Crippen LogP contribution in [-0.2, 0) is 0 Å². The van der Waals surface area contributed by atoms with Crippen LogP contribution in [-0.4, -0.2) is 34.7 Å². The molecule has 0 bridgehead atoms. The molecular weight excluding hydrogens is 322 g/mol. The Labute approximate surface area is 147 Å². The number of benzene rings is 1. The summed E-state index contributed by atoms with van der Waals surface area (Å²) in [6.45, 7) is 5.68. The molecule has 1 heterocycles. The van der Waals surface area contributed by atoms with E-state index >= 15 is 0 Å². The van der Waals surface area contributed by atoms with E-state index in [0.717, 1.165) is 29.5 Å². The maximum absolute atomic E-state index is 5.93. The molecule has 6 heteroatoms. The van der Waals surface area contributed by atoms with Crippen molar-refractivity contribution in [2.24, 2.45) is 15.9 Å². The molecule has 0 saturated heterocycles. The van der Waals surface area contributed by atoms with Crippen LogP contribution in [0.5, 0.6) is 0 Å². The SMILES string of the molecule is CCN(CC)/C(N)=N/N=C/C=C/c1cccn1-c1ccc(Cl)cc1. The highest BCUT2D eigenvalue weighted by molar-refractivity contribution is 6.30. The second kappa shape index (κ2) is 8.93. The van der Waals surface area contributed by atoms with Gasteiger partial charge in [-0.15, -0.1) is 5.10 Å². The molecule has 0 atom stereocenters.